The highest BCUT2D eigenvalue weighted by atomic mass is 16.7. The topological polar surface area (TPSA) is 74.1 Å². The third-order valence-corrected chi connectivity index (χ3v) is 3.51. The van der Waals surface area contributed by atoms with E-state index in [1.165, 1.54) is 0 Å². The van der Waals surface area contributed by atoms with Crippen LogP contribution in [0.25, 0.3) is 11.1 Å². The Bertz CT molecular complexity index is 705. The number of fused-ring (bicyclic) bond motifs is 1. The Kier molecular flexibility index (Phi) is 4.29. The first-order valence-corrected chi connectivity index (χ1v) is 7.11. The molecule has 2 aromatic carbocycles. The summed E-state index contributed by atoms with van der Waals surface area (Å²) < 4.78 is 16.2. The second-order valence-electron chi connectivity index (χ2n) is 4.91. The molecule has 0 saturated carbocycles. The van der Waals surface area contributed by atoms with Crippen LogP contribution < -0.4 is 14.5 Å². The highest BCUT2D eigenvalue weighted by molar-refractivity contribution is 5.83. The average molecular weight is 316 g/mol. The zero-order chi connectivity index (χ0) is 16.2. The van der Waals surface area contributed by atoms with Gasteiger partial charge in [-0.3, -0.25) is 0 Å². The molecule has 0 spiro atoms. The van der Waals surface area contributed by atoms with Crippen LogP contribution >= 0.6 is 0 Å². The third kappa shape index (κ3) is 2.91. The maximum absolute atomic E-state index is 11.3. The number of hydrazine groups is 1. The SMILES string of the molecule is COCCOc1c(-c2ccccc2)ccc2c1N([N+](=O)[O-])CO2. The zero-order valence-corrected chi connectivity index (χ0v) is 12.6. The summed E-state index contributed by atoms with van der Waals surface area (Å²) in [5.41, 5.74) is 2.03. The molecule has 0 aliphatic carbocycles. The molecule has 0 radical (unpaired) electrons. The van der Waals surface area contributed by atoms with Gasteiger partial charge in [-0.1, -0.05) is 35.3 Å². The van der Waals surface area contributed by atoms with Gasteiger partial charge >= 0.3 is 0 Å². The van der Waals surface area contributed by atoms with E-state index in [9.17, 15) is 10.1 Å². The molecule has 0 fully saturated rings. The van der Waals surface area contributed by atoms with Crippen LogP contribution in [0, 0.1) is 10.1 Å². The molecule has 1 aliphatic rings. The van der Waals surface area contributed by atoms with E-state index in [1.54, 1.807) is 13.2 Å². The average Bonchev–Trinajstić information content (AvgIpc) is 3.00. The van der Waals surface area contributed by atoms with Crippen LogP contribution in [0.4, 0.5) is 5.69 Å². The van der Waals surface area contributed by atoms with Crippen molar-refractivity contribution in [3.05, 3.63) is 52.6 Å². The number of nitro groups is 1. The van der Waals surface area contributed by atoms with E-state index in [4.69, 9.17) is 14.2 Å². The number of ether oxygens (including phenoxy) is 3. The van der Waals surface area contributed by atoms with Gasteiger partial charge in [0, 0.05) is 12.7 Å². The standard InChI is InChI=1S/C16H16N2O5/c1-21-9-10-22-16-13(12-5-3-2-4-6-12)7-8-14-15(16)17(11-23-14)18(19)20/h2-8H,9-11H2,1H3. The van der Waals surface area contributed by atoms with Crippen molar-refractivity contribution in [3.8, 4) is 22.6 Å². The van der Waals surface area contributed by atoms with Gasteiger partial charge in [0.15, 0.2) is 22.2 Å². The zero-order valence-electron chi connectivity index (χ0n) is 12.6. The Morgan fingerprint density at radius 1 is 1.22 bits per heavy atom. The molecule has 0 aromatic heterocycles. The third-order valence-electron chi connectivity index (χ3n) is 3.51. The summed E-state index contributed by atoms with van der Waals surface area (Å²) in [6.45, 7) is 0.538. The van der Waals surface area contributed by atoms with Crippen LogP contribution in [0.1, 0.15) is 0 Å². The van der Waals surface area contributed by atoms with Gasteiger partial charge in [-0.2, -0.15) is 0 Å². The summed E-state index contributed by atoms with van der Waals surface area (Å²) in [4.78, 5) is 11.3. The van der Waals surface area contributed by atoms with Crippen molar-refractivity contribution in [2.75, 3.05) is 32.1 Å². The van der Waals surface area contributed by atoms with Crippen molar-refractivity contribution in [3.63, 3.8) is 0 Å². The second-order valence-corrected chi connectivity index (χ2v) is 4.91. The normalized spacial score (nSPS) is 12.7. The number of benzene rings is 2. The molecule has 0 unspecified atom stereocenters. The van der Waals surface area contributed by atoms with Crippen molar-refractivity contribution < 1.29 is 19.2 Å². The maximum atomic E-state index is 11.3. The number of methoxy groups -OCH3 is 1. The van der Waals surface area contributed by atoms with Crippen LogP contribution in [0.3, 0.4) is 0 Å². The van der Waals surface area contributed by atoms with E-state index in [0.717, 1.165) is 16.1 Å². The van der Waals surface area contributed by atoms with E-state index in [1.807, 2.05) is 36.4 Å². The van der Waals surface area contributed by atoms with E-state index < -0.39 is 5.03 Å². The minimum Gasteiger partial charge on any atom is -0.488 e. The first-order chi connectivity index (χ1) is 11.2. The van der Waals surface area contributed by atoms with E-state index >= 15 is 0 Å². The van der Waals surface area contributed by atoms with Gasteiger partial charge in [-0.05, 0) is 17.7 Å². The summed E-state index contributed by atoms with van der Waals surface area (Å²) in [5, 5.41) is 11.7. The van der Waals surface area contributed by atoms with Gasteiger partial charge in [-0.25, -0.2) is 10.1 Å². The Morgan fingerprint density at radius 2 is 2.00 bits per heavy atom. The van der Waals surface area contributed by atoms with Crippen LogP contribution in [0.15, 0.2) is 42.5 Å². The fourth-order valence-corrected chi connectivity index (χ4v) is 2.46. The van der Waals surface area contributed by atoms with Crippen molar-refractivity contribution in [2.45, 2.75) is 0 Å². The molecule has 0 N–H and O–H groups in total. The molecular formula is C16H16N2O5. The Balaban J connectivity index is 2.09. The van der Waals surface area contributed by atoms with Gasteiger partial charge in [-0.15, -0.1) is 0 Å². The molecule has 0 saturated heterocycles. The van der Waals surface area contributed by atoms with Gasteiger partial charge < -0.3 is 14.2 Å². The largest absolute Gasteiger partial charge is 0.488 e. The molecular weight excluding hydrogens is 300 g/mol. The molecule has 23 heavy (non-hydrogen) atoms. The quantitative estimate of drug-likeness (QED) is 0.463. The minimum atomic E-state index is -0.496. The van der Waals surface area contributed by atoms with Crippen molar-refractivity contribution >= 4 is 5.69 Å². The highest BCUT2D eigenvalue weighted by Gasteiger charge is 2.35. The lowest BCUT2D eigenvalue weighted by Crippen LogP contribution is -2.29. The first kappa shape index (κ1) is 15.1. The lowest BCUT2D eigenvalue weighted by Gasteiger charge is -2.16. The summed E-state index contributed by atoms with van der Waals surface area (Å²) in [6, 6.07) is 13.2. The minimum absolute atomic E-state index is 0.138. The van der Waals surface area contributed by atoms with Crippen molar-refractivity contribution in [2.24, 2.45) is 0 Å². The fourth-order valence-electron chi connectivity index (χ4n) is 2.46. The van der Waals surface area contributed by atoms with Crippen LogP contribution in [0.2, 0.25) is 0 Å². The number of nitrogens with zero attached hydrogens (tertiary/aromatic N) is 2. The van der Waals surface area contributed by atoms with Crippen molar-refractivity contribution in [1.82, 2.24) is 0 Å². The lowest BCUT2D eigenvalue weighted by molar-refractivity contribution is -0.496. The molecule has 7 heteroatoms. The Hall–Kier alpha value is -2.80. The van der Waals surface area contributed by atoms with Crippen LogP contribution in [0.5, 0.6) is 11.5 Å². The monoisotopic (exact) mass is 316 g/mol. The molecule has 7 nitrogen and oxygen atoms in total. The lowest BCUT2D eigenvalue weighted by atomic mass is 10.0. The summed E-state index contributed by atoms with van der Waals surface area (Å²) in [5.74, 6) is 0.869. The molecule has 2 aromatic rings. The predicted molar refractivity (Wildman–Crippen MR) is 84.2 cm³/mol. The fraction of sp³-hybridized carbons (Fsp3) is 0.250. The number of hydrogen-bond donors (Lipinski definition) is 0. The smallest absolute Gasteiger partial charge is 0.223 e. The predicted octanol–water partition coefficient (Wildman–Crippen LogP) is 2.73. The first-order valence-electron chi connectivity index (χ1n) is 7.11. The van der Waals surface area contributed by atoms with Gasteiger partial charge in [0.05, 0.1) is 6.61 Å². The van der Waals surface area contributed by atoms with Crippen LogP contribution in [-0.2, 0) is 4.74 Å². The van der Waals surface area contributed by atoms with Gasteiger partial charge in [0.2, 0.25) is 6.73 Å². The van der Waals surface area contributed by atoms with Gasteiger partial charge in [0.25, 0.3) is 0 Å². The Labute approximate surface area is 133 Å². The summed E-state index contributed by atoms with van der Waals surface area (Å²) >= 11 is 0. The van der Waals surface area contributed by atoms with Crippen LogP contribution in [-0.4, -0.2) is 32.1 Å². The molecule has 0 amide bonds. The van der Waals surface area contributed by atoms with E-state index in [2.05, 4.69) is 0 Å². The molecule has 1 aliphatic heterocycles. The highest BCUT2D eigenvalue weighted by Crippen LogP contribution is 2.47. The molecule has 0 bridgehead atoms. The number of anilines is 1. The summed E-state index contributed by atoms with van der Waals surface area (Å²) in [7, 11) is 1.57. The number of hydrogen-bond acceptors (Lipinski definition) is 5. The number of rotatable bonds is 6. The molecule has 0 atom stereocenters. The molecule has 3 rings (SSSR count). The maximum Gasteiger partial charge on any atom is 0.223 e. The van der Waals surface area contributed by atoms with Gasteiger partial charge in [0.1, 0.15) is 6.61 Å². The van der Waals surface area contributed by atoms with E-state index in [-0.39, 0.29) is 6.73 Å². The summed E-state index contributed by atoms with van der Waals surface area (Å²) in [6.07, 6.45) is 0. The van der Waals surface area contributed by atoms with E-state index in [0.29, 0.717) is 30.4 Å². The second kappa shape index (κ2) is 6.53. The molecule has 1 heterocycles. The molecule has 120 valence electrons. The van der Waals surface area contributed by atoms with Crippen molar-refractivity contribution in [1.29, 1.82) is 0 Å². The Morgan fingerprint density at radius 3 is 2.70 bits per heavy atom.